The van der Waals surface area contributed by atoms with Crippen LogP contribution in [0.2, 0.25) is 10.0 Å². The Labute approximate surface area is 172 Å². The predicted octanol–water partition coefficient (Wildman–Crippen LogP) is 5.02. The van der Waals surface area contributed by atoms with E-state index in [0.717, 1.165) is 6.42 Å². The van der Waals surface area contributed by atoms with Crippen LogP contribution < -0.4 is 4.74 Å². The number of carbonyl (C=O) groups excluding carboxylic acids is 1. The van der Waals surface area contributed by atoms with Crippen LogP contribution in [0, 0.1) is 0 Å². The SMILES string of the molecule is CN(C(=O)CCCOc1ccc(Cl)cc1Cl)[C@@H]1CCCC[C@H]1N1CCCC1. The lowest BCUT2D eigenvalue weighted by atomic mass is 9.88. The Morgan fingerprint density at radius 1 is 1.19 bits per heavy atom. The molecular formula is C21H30Cl2N2O2. The number of halogens is 2. The maximum absolute atomic E-state index is 12.7. The summed E-state index contributed by atoms with van der Waals surface area (Å²) in [4.78, 5) is 17.4. The number of hydrogen-bond acceptors (Lipinski definition) is 3. The van der Waals surface area contributed by atoms with Crippen molar-refractivity contribution in [3.63, 3.8) is 0 Å². The summed E-state index contributed by atoms with van der Waals surface area (Å²) in [6.45, 7) is 2.86. The van der Waals surface area contributed by atoms with Crippen molar-refractivity contribution in [1.29, 1.82) is 0 Å². The molecule has 27 heavy (non-hydrogen) atoms. The molecule has 150 valence electrons. The Kier molecular flexibility index (Phi) is 7.68. The third kappa shape index (κ3) is 5.52. The molecule has 0 bridgehead atoms. The quantitative estimate of drug-likeness (QED) is 0.589. The lowest BCUT2D eigenvalue weighted by Gasteiger charge is -2.42. The van der Waals surface area contributed by atoms with Gasteiger partial charge < -0.3 is 9.64 Å². The maximum Gasteiger partial charge on any atom is 0.222 e. The summed E-state index contributed by atoms with van der Waals surface area (Å²) in [5.74, 6) is 0.833. The Bertz CT molecular complexity index is 635. The zero-order chi connectivity index (χ0) is 19.2. The average Bonchev–Trinajstić information content (AvgIpc) is 3.20. The van der Waals surface area contributed by atoms with Crippen LogP contribution in [0.25, 0.3) is 0 Å². The molecule has 3 rings (SSSR count). The number of ether oxygens (including phenoxy) is 1. The van der Waals surface area contributed by atoms with E-state index in [1.165, 1.54) is 45.2 Å². The molecule has 2 fully saturated rings. The van der Waals surface area contributed by atoms with Crippen molar-refractivity contribution >= 4 is 29.1 Å². The Hall–Kier alpha value is -0.970. The van der Waals surface area contributed by atoms with Gasteiger partial charge in [-0.15, -0.1) is 0 Å². The molecular weight excluding hydrogens is 383 g/mol. The van der Waals surface area contributed by atoms with E-state index in [-0.39, 0.29) is 5.91 Å². The molecule has 1 saturated carbocycles. The molecule has 0 unspecified atom stereocenters. The predicted molar refractivity (Wildman–Crippen MR) is 111 cm³/mol. The average molecular weight is 413 g/mol. The van der Waals surface area contributed by atoms with Crippen LogP contribution in [-0.2, 0) is 4.79 Å². The molecule has 4 nitrogen and oxygen atoms in total. The highest BCUT2D eigenvalue weighted by Gasteiger charge is 2.35. The van der Waals surface area contributed by atoms with Gasteiger partial charge in [0.2, 0.25) is 5.91 Å². The fourth-order valence-corrected chi connectivity index (χ4v) is 4.86. The van der Waals surface area contributed by atoms with Gasteiger partial charge in [-0.05, 0) is 63.4 Å². The molecule has 1 saturated heterocycles. The molecule has 1 amide bonds. The zero-order valence-corrected chi connectivity index (χ0v) is 17.6. The van der Waals surface area contributed by atoms with Gasteiger partial charge in [-0.3, -0.25) is 9.69 Å². The molecule has 0 N–H and O–H groups in total. The topological polar surface area (TPSA) is 32.8 Å². The van der Waals surface area contributed by atoms with Crippen molar-refractivity contribution in [2.45, 2.75) is 63.5 Å². The molecule has 1 heterocycles. The van der Waals surface area contributed by atoms with E-state index < -0.39 is 0 Å². The van der Waals surface area contributed by atoms with E-state index in [2.05, 4.69) is 4.90 Å². The Morgan fingerprint density at radius 2 is 1.93 bits per heavy atom. The van der Waals surface area contributed by atoms with Crippen LogP contribution in [0.1, 0.15) is 51.4 Å². The van der Waals surface area contributed by atoms with Crippen molar-refractivity contribution < 1.29 is 9.53 Å². The normalized spacial score (nSPS) is 23.4. The maximum atomic E-state index is 12.7. The van der Waals surface area contributed by atoms with E-state index in [9.17, 15) is 4.79 Å². The van der Waals surface area contributed by atoms with Gasteiger partial charge in [0.15, 0.2) is 0 Å². The van der Waals surface area contributed by atoms with Crippen LogP contribution in [0.15, 0.2) is 18.2 Å². The second-order valence-electron chi connectivity index (χ2n) is 7.69. The number of benzene rings is 1. The Balaban J connectivity index is 1.46. The third-order valence-electron chi connectivity index (χ3n) is 5.88. The highest BCUT2D eigenvalue weighted by molar-refractivity contribution is 6.35. The zero-order valence-electron chi connectivity index (χ0n) is 16.1. The second kappa shape index (κ2) is 9.99. The molecule has 0 spiro atoms. The number of nitrogens with zero attached hydrogens (tertiary/aromatic N) is 2. The highest BCUT2D eigenvalue weighted by atomic mass is 35.5. The molecule has 2 aliphatic rings. The second-order valence-corrected chi connectivity index (χ2v) is 8.54. The van der Waals surface area contributed by atoms with Gasteiger partial charge in [-0.2, -0.15) is 0 Å². The van der Waals surface area contributed by atoms with Gasteiger partial charge in [-0.1, -0.05) is 36.0 Å². The van der Waals surface area contributed by atoms with Crippen LogP contribution >= 0.6 is 23.2 Å². The fraction of sp³-hybridized carbons (Fsp3) is 0.667. The number of likely N-dealkylation sites (N-methyl/N-ethyl adjacent to an activating group) is 1. The van der Waals surface area contributed by atoms with Crippen molar-refractivity contribution in [2.24, 2.45) is 0 Å². The van der Waals surface area contributed by atoms with Gasteiger partial charge in [-0.25, -0.2) is 0 Å². The minimum atomic E-state index is 0.219. The number of likely N-dealkylation sites (tertiary alicyclic amines) is 1. The number of rotatable bonds is 7. The van der Waals surface area contributed by atoms with Gasteiger partial charge in [0, 0.05) is 30.6 Å². The van der Waals surface area contributed by atoms with E-state index in [1.54, 1.807) is 18.2 Å². The summed E-state index contributed by atoms with van der Waals surface area (Å²) in [7, 11) is 1.98. The number of amides is 1. The summed E-state index contributed by atoms with van der Waals surface area (Å²) in [6, 6.07) is 6.08. The smallest absolute Gasteiger partial charge is 0.222 e. The summed E-state index contributed by atoms with van der Waals surface area (Å²) in [6.07, 6.45) is 8.64. The first-order valence-corrected chi connectivity index (χ1v) is 10.9. The van der Waals surface area contributed by atoms with Gasteiger partial charge in [0.1, 0.15) is 5.75 Å². The van der Waals surface area contributed by atoms with Crippen LogP contribution in [0.3, 0.4) is 0 Å². The van der Waals surface area contributed by atoms with Crippen LogP contribution in [-0.4, -0.2) is 54.5 Å². The molecule has 1 aliphatic carbocycles. The van der Waals surface area contributed by atoms with Gasteiger partial charge in [0.05, 0.1) is 11.6 Å². The first kappa shape index (κ1) is 20.8. The lowest BCUT2D eigenvalue weighted by molar-refractivity contribution is -0.134. The fourth-order valence-electron chi connectivity index (χ4n) is 4.40. The van der Waals surface area contributed by atoms with Crippen molar-refractivity contribution in [3.05, 3.63) is 28.2 Å². The molecule has 1 aromatic carbocycles. The first-order valence-electron chi connectivity index (χ1n) is 10.1. The summed E-state index contributed by atoms with van der Waals surface area (Å²) in [5.41, 5.74) is 0. The molecule has 1 aliphatic heterocycles. The van der Waals surface area contributed by atoms with Crippen molar-refractivity contribution in [1.82, 2.24) is 9.80 Å². The number of carbonyl (C=O) groups is 1. The number of hydrogen-bond donors (Lipinski definition) is 0. The largest absolute Gasteiger partial charge is 0.492 e. The molecule has 1 aromatic rings. The minimum Gasteiger partial charge on any atom is -0.492 e. The summed E-state index contributed by atoms with van der Waals surface area (Å²) in [5, 5.41) is 1.09. The van der Waals surface area contributed by atoms with Gasteiger partial charge in [0.25, 0.3) is 0 Å². The highest BCUT2D eigenvalue weighted by Crippen LogP contribution is 2.30. The minimum absolute atomic E-state index is 0.219. The summed E-state index contributed by atoms with van der Waals surface area (Å²) >= 11 is 12.0. The van der Waals surface area contributed by atoms with E-state index in [0.29, 0.717) is 47.3 Å². The van der Waals surface area contributed by atoms with E-state index >= 15 is 0 Å². The van der Waals surface area contributed by atoms with Crippen LogP contribution in [0.5, 0.6) is 5.75 Å². The molecule has 0 radical (unpaired) electrons. The summed E-state index contributed by atoms with van der Waals surface area (Å²) < 4.78 is 5.70. The van der Waals surface area contributed by atoms with Crippen molar-refractivity contribution in [3.8, 4) is 5.75 Å². The molecule has 6 heteroatoms. The monoisotopic (exact) mass is 412 g/mol. The molecule has 2 atom stereocenters. The van der Waals surface area contributed by atoms with E-state index in [1.807, 2.05) is 11.9 Å². The van der Waals surface area contributed by atoms with Crippen LogP contribution in [0.4, 0.5) is 0 Å². The standard InChI is InChI=1S/C21H30Cl2N2O2/c1-24(18-7-2-3-8-19(18)25-12-4-5-13-25)21(26)9-6-14-27-20-11-10-16(22)15-17(20)23/h10-11,15,18-19H,2-9,12-14H2,1H3/t18-,19-/m1/s1. The van der Waals surface area contributed by atoms with Crippen molar-refractivity contribution in [2.75, 3.05) is 26.7 Å². The molecule has 0 aromatic heterocycles. The lowest BCUT2D eigenvalue weighted by Crippen LogP contribution is -2.53. The first-order chi connectivity index (χ1) is 13.1. The van der Waals surface area contributed by atoms with Gasteiger partial charge >= 0.3 is 0 Å². The Morgan fingerprint density at radius 3 is 2.67 bits per heavy atom. The van der Waals surface area contributed by atoms with E-state index in [4.69, 9.17) is 27.9 Å². The third-order valence-corrected chi connectivity index (χ3v) is 6.41.